The fourth-order valence-electron chi connectivity index (χ4n) is 2.13. The van der Waals surface area contributed by atoms with Gasteiger partial charge >= 0.3 is 5.97 Å². The monoisotopic (exact) mass is 211 g/mol. The molecule has 0 unspecified atom stereocenters. The SMILES string of the molecule is O=C(CC1CCNCC1)OCCC1CC1. The Kier molecular flexibility index (Phi) is 4.01. The van der Waals surface area contributed by atoms with E-state index in [0.29, 0.717) is 18.9 Å². The molecule has 86 valence electrons. The zero-order valence-electron chi connectivity index (χ0n) is 9.34. The molecule has 1 N–H and O–H groups in total. The molecule has 2 rings (SSSR count). The van der Waals surface area contributed by atoms with Gasteiger partial charge in [-0.3, -0.25) is 4.79 Å². The average Bonchev–Trinajstić information content (AvgIpc) is 3.03. The minimum Gasteiger partial charge on any atom is -0.466 e. The zero-order valence-corrected chi connectivity index (χ0v) is 9.34. The molecule has 0 atom stereocenters. The number of esters is 1. The summed E-state index contributed by atoms with van der Waals surface area (Å²) in [6.45, 7) is 2.76. The summed E-state index contributed by atoms with van der Waals surface area (Å²) in [5.41, 5.74) is 0. The van der Waals surface area contributed by atoms with Crippen LogP contribution in [0.2, 0.25) is 0 Å². The highest BCUT2D eigenvalue weighted by atomic mass is 16.5. The molecule has 2 aliphatic rings. The zero-order chi connectivity index (χ0) is 10.5. The summed E-state index contributed by atoms with van der Waals surface area (Å²) in [4.78, 5) is 11.5. The predicted octanol–water partition coefficient (Wildman–Crippen LogP) is 1.72. The largest absolute Gasteiger partial charge is 0.466 e. The smallest absolute Gasteiger partial charge is 0.306 e. The van der Waals surface area contributed by atoms with Crippen LogP contribution in [-0.4, -0.2) is 25.7 Å². The van der Waals surface area contributed by atoms with E-state index in [1.165, 1.54) is 12.8 Å². The topological polar surface area (TPSA) is 38.3 Å². The Balaban J connectivity index is 1.54. The van der Waals surface area contributed by atoms with Gasteiger partial charge in [-0.2, -0.15) is 0 Å². The molecule has 3 nitrogen and oxygen atoms in total. The normalized spacial score (nSPS) is 22.7. The van der Waals surface area contributed by atoms with Crippen LogP contribution in [0.15, 0.2) is 0 Å². The van der Waals surface area contributed by atoms with E-state index in [-0.39, 0.29) is 5.97 Å². The number of nitrogens with one attached hydrogen (secondary N) is 1. The molecule has 0 bridgehead atoms. The van der Waals surface area contributed by atoms with E-state index >= 15 is 0 Å². The summed E-state index contributed by atoms with van der Waals surface area (Å²) in [6, 6.07) is 0. The first-order valence-corrected chi connectivity index (χ1v) is 6.21. The molecular weight excluding hydrogens is 190 g/mol. The number of piperidine rings is 1. The quantitative estimate of drug-likeness (QED) is 0.704. The van der Waals surface area contributed by atoms with Crippen LogP contribution in [0, 0.1) is 11.8 Å². The van der Waals surface area contributed by atoms with E-state index in [2.05, 4.69) is 5.32 Å². The van der Waals surface area contributed by atoms with E-state index in [1.807, 2.05) is 0 Å². The standard InChI is InChI=1S/C12H21NO2/c14-12(15-8-5-10-1-2-10)9-11-3-6-13-7-4-11/h10-11,13H,1-9H2. The third kappa shape index (κ3) is 4.20. The minimum atomic E-state index is 0.0163. The predicted molar refractivity (Wildman–Crippen MR) is 58.5 cm³/mol. The van der Waals surface area contributed by atoms with E-state index in [4.69, 9.17) is 4.74 Å². The highest BCUT2D eigenvalue weighted by Crippen LogP contribution is 2.32. The second kappa shape index (κ2) is 5.50. The van der Waals surface area contributed by atoms with Gasteiger partial charge in [0, 0.05) is 6.42 Å². The molecule has 0 aromatic heterocycles. The number of ether oxygens (including phenoxy) is 1. The molecule has 1 saturated heterocycles. The Bertz CT molecular complexity index is 208. The molecule has 1 aliphatic heterocycles. The minimum absolute atomic E-state index is 0.0163. The molecule has 1 saturated carbocycles. The molecule has 0 radical (unpaired) electrons. The van der Waals surface area contributed by atoms with Crippen molar-refractivity contribution >= 4 is 5.97 Å². The molecule has 0 amide bonds. The summed E-state index contributed by atoms with van der Waals surface area (Å²) >= 11 is 0. The van der Waals surface area contributed by atoms with Crippen molar-refractivity contribution in [3.05, 3.63) is 0 Å². The van der Waals surface area contributed by atoms with E-state index in [1.54, 1.807) is 0 Å². The van der Waals surface area contributed by atoms with Crippen LogP contribution in [0.5, 0.6) is 0 Å². The van der Waals surface area contributed by atoms with Gasteiger partial charge in [-0.15, -0.1) is 0 Å². The molecule has 1 heterocycles. The van der Waals surface area contributed by atoms with Crippen molar-refractivity contribution in [2.24, 2.45) is 11.8 Å². The number of rotatable bonds is 5. The van der Waals surface area contributed by atoms with Gasteiger partial charge in [0.1, 0.15) is 0 Å². The number of hydrogen-bond acceptors (Lipinski definition) is 3. The van der Waals surface area contributed by atoms with Crippen molar-refractivity contribution in [3.63, 3.8) is 0 Å². The van der Waals surface area contributed by atoms with E-state index in [9.17, 15) is 4.79 Å². The molecular formula is C12H21NO2. The second-order valence-corrected chi connectivity index (χ2v) is 4.85. The summed E-state index contributed by atoms with van der Waals surface area (Å²) in [5.74, 6) is 1.43. The van der Waals surface area contributed by atoms with Gasteiger partial charge in [-0.25, -0.2) is 0 Å². The Morgan fingerprint density at radius 1 is 1.13 bits per heavy atom. The van der Waals surface area contributed by atoms with Crippen LogP contribution in [0.4, 0.5) is 0 Å². The van der Waals surface area contributed by atoms with Gasteiger partial charge < -0.3 is 10.1 Å². The number of hydrogen-bond donors (Lipinski definition) is 1. The maximum atomic E-state index is 11.5. The van der Waals surface area contributed by atoms with Crippen LogP contribution in [0.1, 0.15) is 38.5 Å². The van der Waals surface area contributed by atoms with Crippen LogP contribution in [0.3, 0.4) is 0 Å². The van der Waals surface area contributed by atoms with Gasteiger partial charge in [0.2, 0.25) is 0 Å². The summed E-state index contributed by atoms with van der Waals surface area (Å²) in [5, 5.41) is 3.30. The van der Waals surface area contributed by atoms with Gasteiger partial charge in [0.05, 0.1) is 6.61 Å². The van der Waals surface area contributed by atoms with Crippen molar-refractivity contribution in [2.75, 3.05) is 19.7 Å². The molecule has 0 spiro atoms. The van der Waals surface area contributed by atoms with Gasteiger partial charge in [-0.05, 0) is 44.2 Å². The lowest BCUT2D eigenvalue weighted by atomic mass is 9.95. The highest BCUT2D eigenvalue weighted by Gasteiger charge is 2.22. The van der Waals surface area contributed by atoms with Crippen molar-refractivity contribution in [2.45, 2.75) is 38.5 Å². The first-order valence-electron chi connectivity index (χ1n) is 6.21. The fourth-order valence-corrected chi connectivity index (χ4v) is 2.13. The van der Waals surface area contributed by atoms with Crippen LogP contribution in [-0.2, 0) is 9.53 Å². The maximum absolute atomic E-state index is 11.5. The molecule has 3 heteroatoms. The van der Waals surface area contributed by atoms with Crippen molar-refractivity contribution in [1.82, 2.24) is 5.32 Å². The van der Waals surface area contributed by atoms with Gasteiger partial charge in [0.25, 0.3) is 0 Å². The highest BCUT2D eigenvalue weighted by molar-refractivity contribution is 5.69. The Labute approximate surface area is 91.6 Å². The lowest BCUT2D eigenvalue weighted by Gasteiger charge is -2.21. The van der Waals surface area contributed by atoms with Crippen LogP contribution in [0.25, 0.3) is 0 Å². The Morgan fingerprint density at radius 2 is 1.87 bits per heavy atom. The van der Waals surface area contributed by atoms with E-state index in [0.717, 1.165) is 38.3 Å². The maximum Gasteiger partial charge on any atom is 0.306 e. The van der Waals surface area contributed by atoms with Crippen molar-refractivity contribution < 1.29 is 9.53 Å². The Hall–Kier alpha value is -0.570. The summed E-state index contributed by atoms with van der Waals surface area (Å²) < 4.78 is 5.24. The van der Waals surface area contributed by atoms with Crippen molar-refractivity contribution in [1.29, 1.82) is 0 Å². The molecule has 1 aliphatic carbocycles. The van der Waals surface area contributed by atoms with Gasteiger partial charge in [0.15, 0.2) is 0 Å². The second-order valence-electron chi connectivity index (χ2n) is 4.85. The Morgan fingerprint density at radius 3 is 2.53 bits per heavy atom. The third-order valence-corrected chi connectivity index (χ3v) is 3.40. The number of carbonyl (C=O) groups is 1. The van der Waals surface area contributed by atoms with Crippen molar-refractivity contribution in [3.8, 4) is 0 Å². The summed E-state index contributed by atoms with van der Waals surface area (Å²) in [7, 11) is 0. The molecule has 15 heavy (non-hydrogen) atoms. The summed E-state index contributed by atoms with van der Waals surface area (Å²) in [6.07, 6.45) is 6.64. The first kappa shape index (κ1) is 10.9. The lowest BCUT2D eigenvalue weighted by Crippen LogP contribution is -2.29. The molecule has 2 fully saturated rings. The molecule has 0 aromatic rings. The van der Waals surface area contributed by atoms with E-state index < -0.39 is 0 Å². The van der Waals surface area contributed by atoms with Crippen LogP contribution < -0.4 is 5.32 Å². The fraction of sp³-hybridized carbons (Fsp3) is 0.917. The molecule has 0 aromatic carbocycles. The first-order chi connectivity index (χ1) is 7.34. The number of carbonyl (C=O) groups excluding carboxylic acids is 1. The lowest BCUT2D eigenvalue weighted by molar-refractivity contribution is -0.145. The average molecular weight is 211 g/mol. The third-order valence-electron chi connectivity index (χ3n) is 3.40. The van der Waals surface area contributed by atoms with Crippen LogP contribution >= 0.6 is 0 Å². The van der Waals surface area contributed by atoms with Gasteiger partial charge in [-0.1, -0.05) is 12.8 Å².